The van der Waals surface area contributed by atoms with Crippen LogP contribution in [0.25, 0.3) is 21.5 Å². The summed E-state index contributed by atoms with van der Waals surface area (Å²) in [7, 11) is 0. The number of hydrogen-bond acceptors (Lipinski definition) is 2. The smallest absolute Gasteiger partial charge is 0.0367 e. The van der Waals surface area contributed by atoms with Crippen molar-refractivity contribution >= 4 is 32.9 Å². The Kier molecular flexibility index (Phi) is 10.5. The number of rotatable bonds is 4. The lowest BCUT2D eigenvalue weighted by molar-refractivity contribution is 0.578. The number of piperidine rings is 1. The molecule has 0 bridgehead atoms. The van der Waals surface area contributed by atoms with Crippen LogP contribution in [0.15, 0.2) is 133 Å². The molecule has 1 aliphatic heterocycles. The van der Waals surface area contributed by atoms with Gasteiger partial charge in [-0.3, -0.25) is 0 Å². The van der Waals surface area contributed by atoms with Gasteiger partial charge in [0.15, 0.2) is 0 Å². The van der Waals surface area contributed by atoms with E-state index in [9.17, 15) is 0 Å². The maximum atomic E-state index is 3.34. The minimum absolute atomic E-state index is 1.03. The van der Waals surface area contributed by atoms with Crippen LogP contribution in [-0.2, 0) is 0 Å². The van der Waals surface area contributed by atoms with Gasteiger partial charge in [0.1, 0.15) is 0 Å². The molecule has 232 valence electrons. The topological polar surface area (TPSA) is 6.48 Å². The Morgan fingerprint density at radius 1 is 0.489 bits per heavy atom. The van der Waals surface area contributed by atoms with Crippen molar-refractivity contribution in [1.29, 1.82) is 0 Å². The van der Waals surface area contributed by atoms with Crippen molar-refractivity contribution in [1.82, 2.24) is 0 Å². The molecular weight excluding hydrogens is 569 g/mol. The molecule has 0 radical (unpaired) electrons. The first-order chi connectivity index (χ1) is 23.2. The highest BCUT2D eigenvalue weighted by Crippen LogP contribution is 2.22. The van der Waals surface area contributed by atoms with Crippen molar-refractivity contribution in [2.45, 2.75) is 33.1 Å². The zero-order valence-electron chi connectivity index (χ0n) is 27.5. The van der Waals surface area contributed by atoms with Gasteiger partial charge in [0, 0.05) is 59.8 Å². The molecule has 2 nitrogen and oxygen atoms in total. The van der Waals surface area contributed by atoms with Crippen LogP contribution in [0.3, 0.4) is 0 Å². The van der Waals surface area contributed by atoms with E-state index in [1.165, 1.54) is 65.3 Å². The summed E-state index contributed by atoms with van der Waals surface area (Å²) in [5.74, 6) is 13.3. The molecule has 7 rings (SSSR count). The van der Waals surface area contributed by atoms with E-state index in [1.54, 1.807) is 0 Å². The molecule has 1 heterocycles. The first-order valence-corrected chi connectivity index (χ1v) is 16.9. The molecule has 1 saturated heterocycles. The third-order valence-electron chi connectivity index (χ3n) is 8.85. The number of benzene rings is 6. The standard InChI is InChI=1S/C23H21N.C22H21N/c1-4-17-24(18-5-1)22-15-12-19(13-16-22)11-14-21-9-6-8-20-7-2-3-10-23(20)21;1-3-23(4-2)21-16-13-18(14-17-21)12-15-20-10-7-9-19-8-5-6-11-22(19)20/h2-3,6-10,12-13,15-16H,1,4-5,17-18H2;5-11,13-14,16-17H,3-4H2,1-2H3. The molecule has 0 saturated carbocycles. The van der Waals surface area contributed by atoms with E-state index in [0.29, 0.717) is 0 Å². The number of fused-ring (bicyclic) bond motifs is 2. The van der Waals surface area contributed by atoms with Crippen LogP contribution >= 0.6 is 0 Å². The lowest BCUT2D eigenvalue weighted by Gasteiger charge is -2.28. The van der Waals surface area contributed by atoms with Crippen LogP contribution in [0.2, 0.25) is 0 Å². The van der Waals surface area contributed by atoms with Gasteiger partial charge in [0.25, 0.3) is 0 Å². The Bertz CT molecular complexity index is 2030. The van der Waals surface area contributed by atoms with E-state index in [4.69, 9.17) is 0 Å². The summed E-state index contributed by atoms with van der Waals surface area (Å²) in [6, 6.07) is 46.6. The summed E-state index contributed by atoms with van der Waals surface area (Å²) in [5, 5.41) is 4.90. The second-order valence-electron chi connectivity index (χ2n) is 11.9. The Hall–Kier alpha value is -5.44. The first-order valence-electron chi connectivity index (χ1n) is 16.9. The molecule has 0 aromatic heterocycles. The Balaban J connectivity index is 0.000000165. The molecule has 6 aromatic rings. The summed E-state index contributed by atoms with van der Waals surface area (Å²) in [5.41, 5.74) is 6.87. The first kappa shape index (κ1) is 31.5. The van der Waals surface area contributed by atoms with Gasteiger partial charge in [-0.15, -0.1) is 0 Å². The second-order valence-corrected chi connectivity index (χ2v) is 11.9. The Morgan fingerprint density at radius 2 is 0.957 bits per heavy atom. The quantitative estimate of drug-likeness (QED) is 0.183. The van der Waals surface area contributed by atoms with Crippen LogP contribution in [0, 0.1) is 23.7 Å². The molecule has 0 atom stereocenters. The van der Waals surface area contributed by atoms with E-state index in [0.717, 1.165) is 35.3 Å². The number of nitrogens with zero attached hydrogens (tertiary/aromatic N) is 2. The van der Waals surface area contributed by atoms with Gasteiger partial charge in [-0.2, -0.15) is 0 Å². The lowest BCUT2D eigenvalue weighted by Crippen LogP contribution is -2.29. The van der Waals surface area contributed by atoms with Gasteiger partial charge < -0.3 is 9.80 Å². The monoisotopic (exact) mass is 610 g/mol. The molecule has 0 spiro atoms. The molecular formula is C45H42N2. The molecule has 0 N–H and O–H groups in total. The normalized spacial score (nSPS) is 12.3. The van der Waals surface area contributed by atoms with Crippen LogP contribution in [-0.4, -0.2) is 26.2 Å². The largest absolute Gasteiger partial charge is 0.372 e. The summed E-state index contributed by atoms with van der Waals surface area (Å²) in [6.07, 6.45) is 3.98. The average molecular weight is 611 g/mol. The fourth-order valence-corrected chi connectivity index (χ4v) is 6.20. The summed E-state index contributed by atoms with van der Waals surface area (Å²) >= 11 is 0. The fraction of sp³-hybridized carbons (Fsp3) is 0.200. The molecule has 0 unspecified atom stereocenters. The number of hydrogen-bond donors (Lipinski definition) is 0. The number of anilines is 2. The minimum atomic E-state index is 1.03. The van der Waals surface area contributed by atoms with Crippen molar-refractivity contribution in [3.8, 4) is 23.7 Å². The third-order valence-corrected chi connectivity index (χ3v) is 8.85. The van der Waals surface area contributed by atoms with Crippen LogP contribution in [0.1, 0.15) is 55.4 Å². The highest BCUT2D eigenvalue weighted by Gasteiger charge is 2.10. The highest BCUT2D eigenvalue weighted by atomic mass is 15.1. The van der Waals surface area contributed by atoms with Crippen molar-refractivity contribution in [2.75, 3.05) is 36.0 Å². The van der Waals surface area contributed by atoms with Gasteiger partial charge in [-0.05, 0) is 115 Å². The van der Waals surface area contributed by atoms with Gasteiger partial charge in [-0.25, -0.2) is 0 Å². The SMILES string of the molecule is C(#Cc1cccc2ccccc12)c1ccc(N2CCCCC2)cc1.CCN(CC)c1ccc(C#Cc2cccc3ccccc23)cc1. The molecule has 0 aliphatic carbocycles. The second kappa shape index (κ2) is 15.7. The predicted octanol–water partition coefficient (Wildman–Crippen LogP) is 10.3. The van der Waals surface area contributed by atoms with Crippen molar-refractivity contribution in [2.24, 2.45) is 0 Å². The van der Waals surface area contributed by atoms with Crippen molar-refractivity contribution in [3.05, 3.63) is 156 Å². The maximum absolute atomic E-state index is 3.34. The predicted molar refractivity (Wildman–Crippen MR) is 202 cm³/mol. The fourth-order valence-electron chi connectivity index (χ4n) is 6.20. The molecule has 2 heteroatoms. The molecule has 0 amide bonds. The van der Waals surface area contributed by atoms with Crippen LogP contribution in [0.5, 0.6) is 0 Å². The zero-order chi connectivity index (χ0) is 32.3. The molecule has 6 aromatic carbocycles. The van der Waals surface area contributed by atoms with Crippen LogP contribution in [0.4, 0.5) is 11.4 Å². The Labute approximate surface area is 280 Å². The summed E-state index contributed by atoms with van der Waals surface area (Å²) in [4.78, 5) is 4.81. The van der Waals surface area contributed by atoms with Gasteiger partial charge in [-0.1, -0.05) is 96.5 Å². The van der Waals surface area contributed by atoms with Gasteiger partial charge in [0.05, 0.1) is 0 Å². The molecule has 47 heavy (non-hydrogen) atoms. The minimum Gasteiger partial charge on any atom is -0.372 e. The van der Waals surface area contributed by atoms with Gasteiger partial charge >= 0.3 is 0 Å². The average Bonchev–Trinajstić information content (AvgIpc) is 3.15. The van der Waals surface area contributed by atoms with Crippen molar-refractivity contribution in [3.63, 3.8) is 0 Å². The summed E-state index contributed by atoms with van der Waals surface area (Å²) < 4.78 is 0. The van der Waals surface area contributed by atoms with E-state index < -0.39 is 0 Å². The zero-order valence-corrected chi connectivity index (χ0v) is 27.5. The summed E-state index contributed by atoms with van der Waals surface area (Å²) in [6.45, 7) is 8.77. The Morgan fingerprint density at radius 3 is 1.47 bits per heavy atom. The van der Waals surface area contributed by atoms with Gasteiger partial charge in [0.2, 0.25) is 0 Å². The maximum Gasteiger partial charge on any atom is 0.0367 e. The van der Waals surface area contributed by atoms with Crippen molar-refractivity contribution < 1.29 is 0 Å². The van der Waals surface area contributed by atoms with Crippen LogP contribution < -0.4 is 9.80 Å². The van der Waals surface area contributed by atoms with E-state index in [1.807, 2.05) is 0 Å². The van der Waals surface area contributed by atoms with E-state index in [2.05, 4.69) is 181 Å². The third kappa shape index (κ3) is 8.05. The molecule has 1 fully saturated rings. The molecule has 1 aliphatic rings. The van der Waals surface area contributed by atoms with E-state index in [-0.39, 0.29) is 0 Å². The highest BCUT2D eigenvalue weighted by molar-refractivity contribution is 5.89. The lowest BCUT2D eigenvalue weighted by atomic mass is 10.0. The van der Waals surface area contributed by atoms with E-state index >= 15 is 0 Å².